The number of benzene rings is 1. The minimum atomic E-state index is -0.694. The number of rotatable bonds is 2. The molecule has 0 spiro atoms. The summed E-state index contributed by atoms with van der Waals surface area (Å²) >= 11 is 0. The van der Waals surface area contributed by atoms with Crippen molar-refractivity contribution in [1.29, 1.82) is 0 Å². The number of hydrogen-bond acceptors (Lipinski definition) is 4. The molecule has 6 nitrogen and oxygen atoms in total. The molecular weight excluding hydrogens is 219 g/mol. The minimum Gasteiger partial charge on any atom is -0.447 e. The van der Waals surface area contributed by atoms with Crippen LogP contribution >= 0.6 is 0 Å². The number of halogens is 1. The Morgan fingerprint density at radius 1 is 1.56 bits per heavy atom. The van der Waals surface area contributed by atoms with Gasteiger partial charge in [-0.25, -0.2) is 9.18 Å². The number of cyclic esters (lactones) is 1. The molecule has 1 heterocycles. The lowest BCUT2D eigenvalue weighted by Gasteiger charge is -2.07. The molecule has 0 aliphatic carbocycles. The quantitative estimate of drug-likeness (QED) is 0.612. The summed E-state index contributed by atoms with van der Waals surface area (Å²) in [6.45, 7) is 0.00526. The van der Waals surface area contributed by atoms with Gasteiger partial charge in [0, 0.05) is 0 Å². The highest BCUT2D eigenvalue weighted by molar-refractivity contribution is 5.70. The zero-order chi connectivity index (χ0) is 11.7. The van der Waals surface area contributed by atoms with E-state index in [9.17, 15) is 19.3 Å². The highest BCUT2D eigenvalue weighted by Gasteiger charge is 2.29. The van der Waals surface area contributed by atoms with Crippen molar-refractivity contribution in [3.8, 4) is 0 Å². The van der Waals surface area contributed by atoms with E-state index in [1.807, 2.05) is 0 Å². The molecule has 2 rings (SSSR count). The maximum atomic E-state index is 12.8. The zero-order valence-electron chi connectivity index (χ0n) is 7.97. The number of carbonyl (C=O) groups excluding carboxylic acids is 1. The molecule has 1 aliphatic rings. The molecule has 0 aromatic heterocycles. The van der Waals surface area contributed by atoms with Crippen molar-refractivity contribution in [2.45, 2.75) is 6.04 Å². The smallest absolute Gasteiger partial charge is 0.407 e. The number of nitrogens with zero attached hydrogens (tertiary/aromatic N) is 1. The van der Waals surface area contributed by atoms with Crippen LogP contribution in [0.5, 0.6) is 0 Å². The zero-order valence-corrected chi connectivity index (χ0v) is 7.97. The van der Waals surface area contributed by atoms with Crippen LogP contribution in [0.4, 0.5) is 14.9 Å². The van der Waals surface area contributed by atoms with Crippen LogP contribution < -0.4 is 5.32 Å². The fraction of sp³-hybridized carbons (Fsp3) is 0.222. The third-order valence-corrected chi connectivity index (χ3v) is 2.24. The van der Waals surface area contributed by atoms with Gasteiger partial charge in [0.2, 0.25) is 0 Å². The Hall–Kier alpha value is -2.18. The van der Waals surface area contributed by atoms with Gasteiger partial charge in [0.05, 0.1) is 22.6 Å². The Morgan fingerprint density at radius 3 is 2.88 bits per heavy atom. The van der Waals surface area contributed by atoms with Gasteiger partial charge >= 0.3 is 6.09 Å². The van der Waals surface area contributed by atoms with E-state index in [0.29, 0.717) is 0 Å². The summed E-state index contributed by atoms with van der Waals surface area (Å²) < 4.78 is 17.5. The van der Waals surface area contributed by atoms with Gasteiger partial charge in [-0.15, -0.1) is 0 Å². The summed E-state index contributed by atoms with van der Waals surface area (Å²) in [4.78, 5) is 20.8. The normalized spacial score (nSPS) is 19.1. The summed E-state index contributed by atoms with van der Waals surface area (Å²) in [5.41, 5.74) is -0.131. The van der Waals surface area contributed by atoms with E-state index < -0.39 is 22.9 Å². The third kappa shape index (κ3) is 1.79. The first-order valence-electron chi connectivity index (χ1n) is 4.45. The Balaban J connectivity index is 2.40. The fourth-order valence-electron chi connectivity index (χ4n) is 1.52. The van der Waals surface area contributed by atoms with Crippen molar-refractivity contribution in [3.05, 3.63) is 39.7 Å². The third-order valence-electron chi connectivity index (χ3n) is 2.24. The second-order valence-corrected chi connectivity index (χ2v) is 3.26. The van der Waals surface area contributed by atoms with Crippen molar-refractivity contribution in [1.82, 2.24) is 5.32 Å². The van der Waals surface area contributed by atoms with Gasteiger partial charge in [0.1, 0.15) is 12.4 Å². The van der Waals surface area contributed by atoms with Gasteiger partial charge in [-0.05, 0) is 12.1 Å². The standard InChI is InChI=1S/C9H7FN2O4/c10-5-1-2-6(8(3-5)12(14)15)7-4-16-9(13)11-7/h1-3,7H,4H2,(H,11,13)/t7-/m0/s1. The molecular formula is C9H7FN2O4. The Kier molecular flexibility index (Phi) is 2.43. The van der Waals surface area contributed by atoms with Gasteiger partial charge in [0.25, 0.3) is 5.69 Å². The van der Waals surface area contributed by atoms with Crippen molar-refractivity contribution in [2.24, 2.45) is 0 Å². The van der Waals surface area contributed by atoms with E-state index in [-0.39, 0.29) is 17.9 Å². The number of hydrogen-bond donors (Lipinski definition) is 1. The summed E-state index contributed by atoms with van der Waals surface area (Å²) in [6, 6.07) is 2.59. The first kappa shape index (κ1) is 10.3. The van der Waals surface area contributed by atoms with Crippen LogP contribution in [0.3, 0.4) is 0 Å². The number of carbonyl (C=O) groups is 1. The molecule has 1 aromatic carbocycles. The maximum Gasteiger partial charge on any atom is 0.407 e. The second-order valence-electron chi connectivity index (χ2n) is 3.26. The largest absolute Gasteiger partial charge is 0.447 e. The summed E-state index contributed by atoms with van der Waals surface area (Å²) in [5.74, 6) is -0.694. The van der Waals surface area contributed by atoms with E-state index >= 15 is 0 Å². The van der Waals surface area contributed by atoms with E-state index in [0.717, 1.165) is 12.1 Å². The van der Waals surface area contributed by atoms with Crippen LogP contribution in [0.15, 0.2) is 18.2 Å². The van der Waals surface area contributed by atoms with Crippen LogP contribution in [-0.4, -0.2) is 17.6 Å². The predicted octanol–water partition coefficient (Wildman–Crippen LogP) is 1.51. The molecule has 1 saturated heterocycles. The lowest BCUT2D eigenvalue weighted by atomic mass is 10.1. The molecule has 0 bridgehead atoms. The molecule has 84 valence electrons. The molecule has 0 radical (unpaired) electrons. The number of ether oxygens (including phenoxy) is 1. The van der Waals surface area contributed by atoms with E-state index in [4.69, 9.17) is 0 Å². The number of nitro benzene ring substituents is 1. The van der Waals surface area contributed by atoms with Crippen LogP contribution in [0.2, 0.25) is 0 Å². The Labute approximate surface area is 89.2 Å². The van der Waals surface area contributed by atoms with E-state index in [1.165, 1.54) is 6.07 Å². The average molecular weight is 226 g/mol. The first-order chi connectivity index (χ1) is 7.58. The predicted molar refractivity (Wildman–Crippen MR) is 50.3 cm³/mol. The molecule has 1 amide bonds. The molecule has 1 N–H and O–H groups in total. The summed E-state index contributed by atoms with van der Waals surface area (Å²) in [5, 5.41) is 13.1. The van der Waals surface area contributed by atoms with Gasteiger partial charge in [0.15, 0.2) is 0 Å². The van der Waals surface area contributed by atoms with Crippen LogP contribution in [0.1, 0.15) is 11.6 Å². The van der Waals surface area contributed by atoms with Crippen LogP contribution in [0.25, 0.3) is 0 Å². The van der Waals surface area contributed by atoms with Crippen LogP contribution in [0, 0.1) is 15.9 Å². The monoisotopic (exact) mass is 226 g/mol. The molecule has 1 aliphatic heterocycles. The highest BCUT2D eigenvalue weighted by Crippen LogP contribution is 2.28. The number of nitrogens with one attached hydrogen (secondary N) is 1. The molecule has 1 atom stereocenters. The molecule has 16 heavy (non-hydrogen) atoms. The molecule has 0 unspecified atom stereocenters. The van der Waals surface area contributed by atoms with Crippen molar-refractivity contribution < 1.29 is 18.8 Å². The van der Waals surface area contributed by atoms with Crippen molar-refractivity contribution in [2.75, 3.05) is 6.61 Å². The molecule has 0 saturated carbocycles. The molecule has 7 heteroatoms. The van der Waals surface area contributed by atoms with Gasteiger partial charge in [-0.1, -0.05) is 0 Å². The van der Waals surface area contributed by atoms with E-state index in [1.54, 1.807) is 0 Å². The number of nitro groups is 1. The highest BCUT2D eigenvalue weighted by atomic mass is 19.1. The molecule has 1 fully saturated rings. The van der Waals surface area contributed by atoms with Crippen LogP contribution in [-0.2, 0) is 4.74 Å². The Morgan fingerprint density at radius 2 is 2.31 bits per heavy atom. The van der Waals surface area contributed by atoms with Gasteiger partial charge in [-0.2, -0.15) is 0 Å². The van der Waals surface area contributed by atoms with E-state index in [2.05, 4.69) is 10.1 Å². The molecule has 1 aromatic rings. The van der Waals surface area contributed by atoms with Crippen molar-refractivity contribution in [3.63, 3.8) is 0 Å². The second kappa shape index (κ2) is 3.76. The lowest BCUT2D eigenvalue weighted by molar-refractivity contribution is -0.385. The fourth-order valence-corrected chi connectivity index (χ4v) is 1.52. The van der Waals surface area contributed by atoms with Gasteiger partial charge in [-0.3, -0.25) is 10.1 Å². The topological polar surface area (TPSA) is 81.5 Å². The summed E-state index contributed by atoms with van der Waals surface area (Å²) in [7, 11) is 0. The average Bonchev–Trinajstić information content (AvgIpc) is 2.64. The minimum absolute atomic E-state index is 0.00526. The lowest BCUT2D eigenvalue weighted by Crippen LogP contribution is -2.19. The van der Waals surface area contributed by atoms with Crippen molar-refractivity contribution >= 4 is 11.8 Å². The maximum absolute atomic E-state index is 12.8. The summed E-state index contributed by atoms with van der Waals surface area (Å²) in [6.07, 6.45) is -0.636. The Bertz CT molecular complexity index is 463. The van der Waals surface area contributed by atoms with Gasteiger partial charge < -0.3 is 10.1 Å². The SMILES string of the molecule is O=C1N[C@H](c2ccc(F)cc2[N+](=O)[O-])CO1. The number of amides is 1. The number of alkyl carbamates (subject to hydrolysis) is 1. The first-order valence-corrected chi connectivity index (χ1v) is 4.45.